The van der Waals surface area contributed by atoms with Crippen LogP contribution in [0, 0.1) is 11.7 Å². The van der Waals surface area contributed by atoms with Gasteiger partial charge in [-0.1, -0.05) is 6.07 Å². The summed E-state index contributed by atoms with van der Waals surface area (Å²) in [4.78, 5) is 51.4. The first kappa shape index (κ1) is 28.6. The van der Waals surface area contributed by atoms with Gasteiger partial charge in [-0.3, -0.25) is 9.59 Å². The van der Waals surface area contributed by atoms with Crippen LogP contribution in [0.15, 0.2) is 43.0 Å². The predicted octanol–water partition coefficient (Wildman–Crippen LogP) is 3.92. The van der Waals surface area contributed by atoms with E-state index < -0.39 is 11.7 Å². The molecule has 5 heterocycles. The number of carbonyl (C=O) groups is 3. The molecule has 13 nitrogen and oxygen atoms in total. The van der Waals surface area contributed by atoms with Crippen LogP contribution in [0.25, 0.3) is 17.2 Å². The van der Waals surface area contributed by atoms with E-state index >= 15 is 4.39 Å². The van der Waals surface area contributed by atoms with Crippen LogP contribution in [0.3, 0.4) is 0 Å². The highest BCUT2D eigenvalue weighted by Gasteiger charge is 2.40. The van der Waals surface area contributed by atoms with Crippen molar-refractivity contribution in [1.82, 2.24) is 39.1 Å². The second-order valence-electron chi connectivity index (χ2n) is 12.0. The molecule has 3 aromatic heterocycles. The molecule has 1 aromatic carbocycles. The van der Waals surface area contributed by atoms with E-state index in [1.165, 1.54) is 19.2 Å². The number of benzene rings is 1. The summed E-state index contributed by atoms with van der Waals surface area (Å²) in [7, 11) is 1.33. The topological polar surface area (TPSA) is 140 Å². The van der Waals surface area contributed by atoms with Crippen LogP contribution < -0.4 is 5.32 Å². The number of amides is 3. The average Bonchev–Trinajstić information content (AvgIpc) is 3.60. The van der Waals surface area contributed by atoms with Crippen molar-refractivity contribution >= 4 is 23.7 Å². The number of nitrogens with one attached hydrogen (secondary N) is 1. The lowest BCUT2D eigenvalue weighted by molar-refractivity contribution is -0.150. The molecule has 2 fully saturated rings. The number of ether oxygens (including phenoxy) is 1. The maximum absolute atomic E-state index is 15.7. The van der Waals surface area contributed by atoms with Gasteiger partial charge < -0.3 is 29.0 Å². The van der Waals surface area contributed by atoms with Crippen molar-refractivity contribution in [2.24, 2.45) is 5.92 Å². The minimum Gasteiger partial charge on any atom is -0.469 e. The van der Waals surface area contributed by atoms with E-state index in [1.807, 2.05) is 23.0 Å². The van der Waals surface area contributed by atoms with Crippen LogP contribution in [0.5, 0.6) is 0 Å². The Bertz CT molecular complexity index is 1820. The number of nitrogens with zero attached hydrogens (tertiary/aromatic N) is 8. The number of halogens is 1. The quantitative estimate of drug-likeness (QED) is 0.323. The van der Waals surface area contributed by atoms with Crippen molar-refractivity contribution in [2.45, 2.75) is 51.7 Å². The highest BCUT2D eigenvalue weighted by Crippen LogP contribution is 2.43. The Labute approximate surface area is 258 Å². The standard InChI is InChI=1S/C31H32FN9O4/c1-17(2)40-16-34-37-28(40)23-5-4-6-26(35-23)36-29(42)21-10-24-19(9-22(21)32)11-39(31(44)38-12-20(13-38)30(43)45-3)14-25-27(18-7-8-18)33-15-41(24)25/h4-6,9-10,15-18,20H,7-8,11-14H2,1-3H3,(H,35,36,42). The zero-order chi connectivity index (χ0) is 31.4. The molecule has 3 amide bonds. The van der Waals surface area contributed by atoms with E-state index in [0.717, 1.165) is 24.2 Å². The Morgan fingerprint density at radius 2 is 1.87 bits per heavy atom. The lowest BCUT2D eigenvalue weighted by Crippen LogP contribution is -2.56. The molecule has 4 aromatic rings. The van der Waals surface area contributed by atoms with E-state index in [0.29, 0.717) is 28.7 Å². The Hall–Kier alpha value is -5.14. The van der Waals surface area contributed by atoms with Gasteiger partial charge in [0.2, 0.25) is 0 Å². The largest absolute Gasteiger partial charge is 0.469 e. The SMILES string of the molecule is COC(=O)C1CN(C(=O)N2Cc3cc(F)c(C(=O)Nc4cccc(-c5nncn5C(C)C)n4)cc3-n3cnc(C4CC4)c3C2)C1. The van der Waals surface area contributed by atoms with Crippen LogP contribution in [0.4, 0.5) is 15.0 Å². The van der Waals surface area contributed by atoms with Gasteiger partial charge in [0.1, 0.15) is 23.7 Å². The van der Waals surface area contributed by atoms with Crippen molar-refractivity contribution in [3.8, 4) is 17.2 Å². The molecule has 2 aliphatic heterocycles. The maximum atomic E-state index is 15.7. The molecular formula is C31H32FN9O4. The smallest absolute Gasteiger partial charge is 0.320 e. The number of esters is 1. The van der Waals surface area contributed by atoms with Crippen molar-refractivity contribution < 1.29 is 23.5 Å². The number of pyridine rings is 1. The molecule has 1 N–H and O–H groups in total. The van der Waals surface area contributed by atoms with Gasteiger partial charge in [0.05, 0.1) is 55.1 Å². The molecular weight excluding hydrogens is 581 g/mol. The van der Waals surface area contributed by atoms with Gasteiger partial charge in [0.15, 0.2) is 5.82 Å². The Morgan fingerprint density at radius 3 is 2.60 bits per heavy atom. The van der Waals surface area contributed by atoms with E-state index in [-0.39, 0.29) is 61.5 Å². The van der Waals surface area contributed by atoms with E-state index in [9.17, 15) is 14.4 Å². The minimum absolute atomic E-state index is 0.103. The number of hydrogen-bond donors (Lipinski definition) is 1. The first-order valence-electron chi connectivity index (χ1n) is 14.9. The third-order valence-electron chi connectivity index (χ3n) is 8.54. The normalized spacial score (nSPS) is 16.1. The maximum Gasteiger partial charge on any atom is 0.320 e. The van der Waals surface area contributed by atoms with E-state index in [2.05, 4.69) is 25.5 Å². The van der Waals surface area contributed by atoms with Gasteiger partial charge in [-0.25, -0.2) is 19.2 Å². The molecule has 1 saturated heterocycles. The number of fused-ring (bicyclic) bond motifs is 3. The summed E-state index contributed by atoms with van der Waals surface area (Å²) in [5, 5.41) is 10.9. The van der Waals surface area contributed by atoms with Gasteiger partial charge in [0.25, 0.3) is 5.91 Å². The molecule has 0 atom stereocenters. The number of methoxy groups -OCH3 is 1. The van der Waals surface area contributed by atoms with Crippen molar-refractivity contribution in [2.75, 3.05) is 25.5 Å². The Kier molecular flexibility index (Phi) is 7.06. The lowest BCUT2D eigenvalue weighted by atomic mass is 10.0. The fourth-order valence-electron chi connectivity index (χ4n) is 5.92. The number of rotatable bonds is 6. The summed E-state index contributed by atoms with van der Waals surface area (Å²) in [5.41, 5.74) is 3.20. The second-order valence-corrected chi connectivity index (χ2v) is 12.0. The van der Waals surface area contributed by atoms with E-state index in [1.54, 1.807) is 40.7 Å². The van der Waals surface area contributed by atoms with Crippen LogP contribution in [0.2, 0.25) is 0 Å². The molecule has 1 saturated carbocycles. The molecule has 45 heavy (non-hydrogen) atoms. The fraction of sp³-hybridized carbons (Fsp3) is 0.387. The minimum atomic E-state index is -0.727. The number of carbonyl (C=O) groups excluding carboxylic acids is 3. The molecule has 7 rings (SSSR count). The summed E-state index contributed by atoms with van der Waals surface area (Å²) in [6.07, 6.45) is 5.32. The van der Waals surface area contributed by atoms with Crippen molar-refractivity contribution in [1.29, 1.82) is 0 Å². The first-order chi connectivity index (χ1) is 21.7. The predicted molar refractivity (Wildman–Crippen MR) is 159 cm³/mol. The van der Waals surface area contributed by atoms with Crippen molar-refractivity contribution in [3.05, 3.63) is 71.3 Å². The summed E-state index contributed by atoms with van der Waals surface area (Å²) < 4.78 is 24.2. The molecule has 0 bridgehead atoms. The number of anilines is 1. The average molecular weight is 614 g/mol. The van der Waals surface area contributed by atoms with Gasteiger partial charge >= 0.3 is 12.0 Å². The molecule has 0 radical (unpaired) electrons. The number of imidazole rings is 1. The molecule has 232 valence electrons. The zero-order valence-electron chi connectivity index (χ0n) is 25.1. The number of urea groups is 1. The van der Waals surface area contributed by atoms with Gasteiger partial charge in [-0.2, -0.15) is 0 Å². The number of hydrogen-bond acceptors (Lipinski definition) is 8. The number of aromatic nitrogens is 6. The fourth-order valence-corrected chi connectivity index (χ4v) is 5.92. The lowest BCUT2D eigenvalue weighted by Gasteiger charge is -2.40. The third-order valence-corrected chi connectivity index (χ3v) is 8.54. The Morgan fingerprint density at radius 1 is 1.07 bits per heavy atom. The van der Waals surface area contributed by atoms with Crippen LogP contribution in [-0.4, -0.2) is 77.2 Å². The highest BCUT2D eigenvalue weighted by atomic mass is 19.1. The van der Waals surface area contributed by atoms with E-state index in [4.69, 9.17) is 4.74 Å². The van der Waals surface area contributed by atoms with Crippen LogP contribution in [-0.2, 0) is 22.6 Å². The van der Waals surface area contributed by atoms with Crippen molar-refractivity contribution in [3.63, 3.8) is 0 Å². The van der Waals surface area contributed by atoms with Crippen LogP contribution in [0.1, 0.15) is 66.0 Å². The molecule has 0 unspecified atom stereocenters. The summed E-state index contributed by atoms with van der Waals surface area (Å²) in [6, 6.07) is 7.79. The molecule has 1 aliphatic carbocycles. The monoisotopic (exact) mass is 613 g/mol. The van der Waals surface area contributed by atoms with Gasteiger partial charge in [-0.05, 0) is 56.5 Å². The highest BCUT2D eigenvalue weighted by molar-refractivity contribution is 6.04. The first-order valence-corrected chi connectivity index (χ1v) is 14.9. The second kappa shape index (κ2) is 11.1. The summed E-state index contributed by atoms with van der Waals surface area (Å²) in [5.74, 6) is -1.00. The summed E-state index contributed by atoms with van der Waals surface area (Å²) >= 11 is 0. The molecule has 14 heteroatoms. The third kappa shape index (κ3) is 5.19. The molecule has 0 spiro atoms. The Balaban J connectivity index is 1.18. The summed E-state index contributed by atoms with van der Waals surface area (Å²) in [6.45, 7) is 4.92. The zero-order valence-corrected chi connectivity index (χ0v) is 25.1. The number of likely N-dealkylation sites (tertiary alicyclic amines) is 1. The van der Waals surface area contributed by atoms with Gasteiger partial charge in [-0.15, -0.1) is 10.2 Å². The van der Waals surface area contributed by atoms with Gasteiger partial charge in [0, 0.05) is 25.0 Å². The molecule has 3 aliphatic rings. The van der Waals surface area contributed by atoms with Crippen LogP contribution >= 0.6 is 0 Å².